The minimum atomic E-state index is 0.111. The van der Waals surface area contributed by atoms with Crippen LogP contribution in [0.3, 0.4) is 0 Å². The van der Waals surface area contributed by atoms with Crippen LogP contribution in [-0.4, -0.2) is 17.9 Å². The molecule has 1 aromatic carbocycles. The summed E-state index contributed by atoms with van der Waals surface area (Å²) in [6, 6.07) is 5.73. The Bertz CT molecular complexity index is 673. The summed E-state index contributed by atoms with van der Waals surface area (Å²) in [4.78, 5) is 14.6. The summed E-state index contributed by atoms with van der Waals surface area (Å²) in [5.41, 5.74) is 2.71. The number of nitrogens with one attached hydrogen (secondary N) is 1. The van der Waals surface area contributed by atoms with Gasteiger partial charge in [-0.15, -0.1) is 0 Å². The molecule has 0 spiro atoms. The van der Waals surface area contributed by atoms with Crippen molar-refractivity contribution >= 4 is 28.9 Å². The second-order valence-corrected chi connectivity index (χ2v) is 4.73. The normalized spacial score (nSPS) is 10.6. The van der Waals surface area contributed by atoms with Crippen molar-refractivity contribution < 1.29 is 9.53 Å². The van der Waals surface area contributed by atoms with E-state index in [4.69, 9.17) is 17.0 Å². The summed E-state index contributed by atoms with van der Waals surface area (Å²) >= 11 is 5.48. The molecule has 94 valence electrons. The monoisotopic (exact) mass is 261 g/mol. The van der Waals surface area contributed by atoms with Crippen LogP contribution in [0.1, 0.15) is 18.2 Å². The molecule has 1 N–H and O–H groups in total. The van der Waals surface area contributed by atoms with Gasteiger partial charge in [0.2, 0.25) is 0 Å². The Hall–Kier alpha value is -1.68. The third-order valence-corrected chi connectivity index (χ3v) is 3.42. The first-order valence-electron chi connectivity index (χ1n) is 5.72. The van der Waals surface area contributed by atoms with Gasteiger partial charge in [0.05, 0.1) is 17.1 Å². The summed E-state index contributed by atoms with van der Waals surface area (Å²) in [7, 11) is 1.63. The van der Waals surface area contributed by atoms with Crippen LogP contribution in [0, 0.1) is 11.4 Å². The van der Waals surface area contributed by atoms with E-state index in [1.54, 1.807) is 14.0 Å². The van der Waals surface area contributed by atoms with Crippen LogP contribution in [0.2, 0.25) is 0 Å². The van der Waals surface area contributed by atoms with E-state index in [0.29, 0.717) is 6.42 Å². The van der Waals surface area contributed by atoms with Gasteiger partial charge in [-0.25, -0.2) is 0 Å². The molecule has 0 saturated carbocycles. The number of aromatic nitrogens is 1. The van der Waals surface area contributed by atoms with Crippen molar-refractivity contribution in [1.82, 2.24) is 4.98 Å². The standard InChI is InChI=1S/C14H15NO2S/c1-8(16)7-11-9(2)15-13-10(14(11)18)5-4-6-12(13)17-3/h4-6H,7H2,1-3H3,(H,15,18). The van der Waals surface area contributed by atoms with Crippen LogP contribution in [0.15, 0.2) is 18.2 Å². The molecule has 0 atom stereocenters. The van der Waals surface area contributed by atoms with Gasteiger partial charge in [0.25, 0.3) is 0 Å². The van der Waals surface area contributed by atoms with Crippen LogP contribution in [-0.2, 0) is 11.2 Å². The van der Waals surface area contributed by atoms with E-state index < -0.39 is 0 Å². The number of Topliss-reactive ketones (excluding diaryl/α,β-unsaturated/α-hetero) is 1. The van der Waals surface area contributed by atoms with Crippen molar-refractivity contribution in [2.45, 2.75) is 20.3 Å². The van der Waals surface area contributed by atoms with Crippen molar-refractivity contribution in [2.75, 3.05) is 7.11 Å². The Morgan fingerprint density at radius 2 is 2.17 bits per heavy atom. The van der Waals surface area contributed by atoms with E-state index >= 15 is 0 Å². The molecule has 0 bridgehead atoms. The van der Waals surface area contributed by atoms with Gasteiger partial charge in [-0.3, -0.25) is 4.79 Å². The number of aromatic amines is 1. The van der Waals surface area contributed by atoms with E-state index in [0.717, 1.165) is 32.4 Å². The predicted octanol–water partition coefficient (Wildman–Crippen LogP) is 3.35. The number of methoxy groups -OCH3 is 1. The fourth-order valence-corrected chi connectivity index (χ4v) is 2.47. The van der Waals surface area contributed by atoms with Crippen molar-refractivity contribution in [1.29, 1.82) is 0 Å². The van der Waals surface area contributed by atoms with Gasteiger partial charge in [0, 0.05) is 17.5 Å². The summed E-state index contributed by atoms with van der Waals surface area (Å²) in [6.45, 7) is 3.50. The number of carbonyl (C=O) groups excluding carboxylic acids is 1. The lowest BCUT2D eigenvalue weighted by atomic mass is 10.0. The zero-order chi connectivity index (χ0) is 13.3. The second-order valence-electron chi connectivity index (χ2n) is 4.32. The average molecular weight is 261 g/mol. The Labute approximate surface area is 111 Å². The van der Waals surface area contributed by atoms with Gasteiger partial charge in [-0.05, 0) is 25.5 Å². The number of rotatable bonds is 3. The minimum Gasteiger partial charge on any atom is -0.495 e. The summed E-state index contributed by atoms with van der Waals surface area (Å²) in [5.74, 6) is 0.871. The number of H-pyrrole nitrogens is 1. The molecule has 0 aliphatic rings. The Kier molecular flexibility index (Phi) is 3.48. The molecule has 0 fully saturated rings. The zero-order valence-electron chi connectivity index (χ0n) is 10.7. The number of para-hydroxylation sites is 1. The summed E-state index contributed by atoms with van der Waals surface area (Å²) in [5, 5.41) is 0.922. The quantitative estimate of drug-likeness (QED) is 0.862. The maximum Gasteiger partial charge on any atom is 0.142 e. The fourth-order valence-electron chi connectivity index (χ4n) is 2.08. The Morgan fingerprint density at radius 1 is 1.44 bits per heavy atom. The van der Waals surface area contributed by atoms with E-state index in [1.165, 1.54) is 0 Å². The topological polar surface area (TPSA) is 42.1 Å². The molecule has 3 nitrogen and oxygen atoms in total. The van der Waals surface area contributed by atoms with Crippen LogP contribution in [0.4, 0.5) is 0 Å². The van der Waals surface area contributed by atoms with Gasteiger partial charge in [-0.2, -0.15) is 0 Å². The first kappa shape index (κ1) is 12.8. The van der Waals surface area contributed by atoms with Crippen LogP contribution in [0.25, 0.3) is 10.9 Å². The smallest absolute Gasteiger partial charge is 0.142 e. The number of benzene rings is 1. The molecule has 1 heterocycles. The molecular weight excluding hydrogens is 246 g/mol. The average Bonchev–Trinajstić information content (AvgIpc) is 2.33. The highest BCUT2D eigenvalue weighted by molar-refractivity contribution is 7.71. The lowest BCUT2D eigenvalue weighted by Gasteiger charge is -2.11. The Balaban J connectivity index is 2.79. The zero-order valence-corrected chi connectivity index (χ0v) is 11.5. The molecular formula is C14H15NO2S. The number of aryl methyl sites for hydroxylation is 1. The van der Waals surface area contributed by atoms with Gasteiger partial charge in [0.15, 0.2) is 0 Å². The SMILES string of the molecule is COc1cccc2c(=S)c(CC(C)=O)c(C)[nH]c12. The minimum absolute atomic E-state index is 0.111. The number of fused-ring (bicyclic) bond motifs is 1. The van der Waals surface area contributed by atoms with Crippen LogP contribution < -0.4 is 4.74 Å². The lowest BCUT2D eigenvalue weighted by Crippen LogP contribution is -2.03. The number of ether oxygens (including phenoxy) is 1. The molecule has 18 heavy (non-hydrogen) atoms. The third-order valence-electron chi connectivity index (χ3n) is 2.96. The molecule has 0 radical (unpaired) electrons. The number of pyridine rings is 1. The van der Waals surface area contributed by atoms with E-state index in [1.807, 2.05) is 25.1 Å². The molecule has 0 amide bonds. The molecule has 2 aromatic rings. The van der Waals surface area contributed by atoms with Gasteiger partial charge in [-0.1, -0.05) is 24.4 Å². The van der Waals surface area contributed by atoms with Crippen molar-refractivity contribution in [3.63, 3.8) is 0 Å². The molecule has 4 heteroatoms. The van der Waals surface area contributed by atoms with Crippen LogP contribution in [0.5, 0.6) is 5.75 Å². The lowest BCUT2D eigenvalue weighted by molar-refractivity contribution is -0.116. The second kappa shape index (κ2) is 4.90. The number of hydrogen-bond donors (Lipinski definition) is 1. The predicted molar refractivity (Wildman–Crippen MR) is 74.8 cm³/mol. The van der Waals surface area contributed by atoms with Crippen molar-refractivity contribution in [3.8, 4) is 5.75 Å². The maximum atomic E-state index is 11.3. The van der Waals surface area contributed by atoms with Crippen LogP contribution >= 0.6 is 12.2 Å². The van der Waals surface area contributed by atoms with Gasteiger partial charge >= 0.3 is 0 Å². The molecule has 0 saturated heterocycles. The number of ketones is 1. The van der Waals surface area contributed by atoms with Gasteiger partial charge in [0.1, 0.15) is 11.5 Å². The summed E-state index contributed by atoms with van der Waals surface area (Å²) in [6.07, 6.45) is 0.369. The number of carbonyl (C=O) groups is 1. The molecule has 0 aliphatic carbocycles. The van der Waals surface area contributed by atoms with Crippen molar-refractivity contribution in [2.24, 2.45) is 0 Å². The third kappa shape index (κ3) is 2.16. The van der Waals surface area contributed by atoms with E-state index in [2.05, 4.69) is 4.98 Å². The molecule has 2 rings (SSSR count). The van der Waals surface area contributed by atoms with Crippen molar-refractivity contribution in [3.05, 3.63) is 34.0 Å². The molecule has 1 aromatic heterocycles. The first-order valence-corrected chi connectivity index (χ1v) is 6.13. The highest BCUT2D eigenvalue weighted by atomic mass is 32.1. The first-order chi connectivity index (χ1) is 8.54. The van der Waals surface area contributed by atoms with E-state index in [9.17, 15) is 4.79 Å². The molecule has 0 aliphatic heterocycles. The van der Waals surface area contributed by atoms with E-state index in [-0.39, 0.29) is 5.78 Å². The Morgan fingerprint density at radius 3 is 2.78 bits per heavy atom. The summed E-state index contributed by atoms with van der Waals surface area (Å²) < 4.78 is 6.05. The highest BCUT2D eigenvalue weighted by Crippen LogP contribution is 2.27. The molecule has 0 unspecified atom stereocenters. The maximum absolute atomic E-state index is 11.3. The van der Waals surface area contributed by atoms with Gasteiger partial charge < -0.3 is 9.72 Å². The fraction of sp³-hybridized carbons (Fsp3) is 0.286. The largest absolute Gasteiger partial charge is 0.495 e. The number of hydrogen-bond acceptors (Lipinski definition) is 3. The highest BCUT2D eigenvalue weighted by Gasteiger charge is 2.10.